The molecule has 0 nitrogen and oxygen atoms in total. The first kappa shape index (κ1) is 7.80. The molecule has 1 aliphatic rings. The lowest BCUT2D eigenvalue weighted by molar-refractivity contribution is 0.349. The van der Waals surface area contributed by atoms with Crippen LogP contribution in [0, 0.1) is 5.41 Å². The van der Waals surface area contributed by atoms with E-state index in [1.54, 1.807) is 0 Å². The maximum Gasteiger partial charge on any atom is 0.00911 e. The molecule has 0 radical (unpaired) electrons. The van der Waals surface area contributed by atoms with E-state index in [0.717, 1.165) is 0 Å². The Labute approximate surface area is 65.6 Å². The minimum absolute atomic E-state index is 0.663. The molecule has 1 rings (SSSR count). The molecule has 1 aliphatic heterocycles. The smallest absolute Gasteiger partial charge is 0.00911 e. The van der Waals surface area contributed by atoms with E-state index >= 15 is 0 Å². The van der Waals surface area contributed by atoms with Crippen molar-refractivity contribution < 1.29 is 0 Å². The highest BCUT2D eigenvalue weighted by molar-refractivity contribution is 8.76. The average Bonchev–Trinajstić information content (AvgIpc) is 1.90. The van der Waals surface area contributed by atoms with Crippen molar-refractivity contribution in [3.05, 3.63) is 0 Å². The normalized spacial score (nSPS) is 36.7. The Morgan fingerprint density at radius 2 is 2.22 bits per heavy atom. The van der Waals surface area contributed by atoms with Crippen molar-refractivity contribution in [3.63, 3.8) is 0 Å². The van der Waals surface area contributed by atoms with E-state index in [9.17, 15) is 0 Å². The zero-order valence-corrected chi connectivity index (χ0v) is 7.78. The second-order valence-electron chi connectivity index (χ2n) is 3.00. The molecule has 9 heavy (non-hydrogen) atoms. The van der Waals surface area contributed by atoms with E-state index in [4.69, 9.17) is 0 Å². The molecule has 54 valence electrons. The van der Waals surface area contributed by atoms with Crippen LogP contribution in [0.2, 0.25) is 0 Å². The van der Waals surface area contributed by atoms with Crippen LogP contribution in [0.15, 0.2) is 0 Å². The minimum atomic E-state index is 0.663. The third-order valence-electron chi connectivity index (χ3n) is 2.13. The van der Waals surface area contributed by atoms with E-state index in [2.05, 4.69) is 13.8 Å². The summed E-state index contributed by atoms with van der Waals surface area (Å²) in [5, 5.41) is 0. The van der Waals surface area contributed by atoms with Gasteiger partial charge in [0.1, 0.15) is 0 Å². The van der Waals surface area contributed by atoms with Crippen molar-refractivity contribution in [1.82, 2.24) is 0 Å². The maximum atomic E-state index is 2.40. The summed E-state index contributed by atoms with van der Waals surface area (Å²) >= 11 is 0. The molecule has 1 fully saturated rings. The molecule has 2 heteroatoms. The van der Waals surface area contributed by atoms with Crippen LogP contribution in [0.3, 0.4) is 0 Å². The molecule has 1 unspecified atom stereocenters. The summed E-state index contributed by atoms with van der Waals surface area (Å²) in [6.45, 7) is 4.70. The van der Waals surface area contributed by atoms with Crippen LogP contribution in [0.4, 0.5) is 0 Å². The van der Waals surface area contributed by atoms with E-state index < -0.39 is 0 Å². The molecule has 0 aromatic rings. The Kier molecular flexibility index (Phi) is 2.77. The van der Waals surface area contributed by atoms with Crippen LogP contribution in [-0.2, 0) is 0 Å². The Morgan fingerprint density at radius 3 is 2.56 bits per heavy atom. The van der Waals surface area contributed by atoms with Gasteiger partial charge in [-0.3, -0.25) is 0 Å². The predicted octanol–water partition coefficient (Wildman–Crippen LogP) is 3.19. The third kappa shape index (κ3) is 2.08. The second-order valence-corrected chi connectivity index (χ2v) is 5.58. The summed E-state index contributed by atoms with van der Waals surface area (Å²) in [5.74, 6) is 2.71. The summed E-state index contributed by atoms with van der Waals surface area (Å²) < 4.78 is 0. The molecule has 0 amide bonds. The Morgan fingerprint density at radius 1 is 1.44 bits per heavy atom. The topological polar surface area (TPSA) is 0 Å². The van der Waals surface area contributed by atoms with Gasteiger partial charge in [0.15, 0.2) is 0 Å². The van der Waals surface area contributed by atoms with Crippen LogP contribution in [0.5, 0.6) is 0 Å². The summed E-state index contributed by atoms with van der Waals surface area (Å²) in [5.41, 5.74) is 0.663. The van der Waals surface area contributed by atoms with Gasteiger partial charge in [0, 0.05) is 11.5 Å². The fourth-order valence-electron chi connectivity index (χ4n) is 0.882. The molecular weight excluding hydrogens is 148 g/mol. The monoisotopic (exact) mass is 162 g/mol. The van der Waals surface area contributed by atoms with Crippen LogP contribution in [0.25, 0.3) is 0 Å². The van der Waals surface area contributed by atoms with E-state index in [0.29, 0.717) is 5.41 Å². The lowest BCUT2D eigenvalue weighted by atomic mass is 9.87. The van der Waals surface area contributed by atoms with Gasteiger partial charge < -0.3 is 0 Å². The van der Waals surface area contributed by atoms with Crippen molar-refractivity contribution in [2.24, 2.45) is 5.41 Å². The first-order valence-electron chi connectivity index (χ1n) is 3.51. The van der Waals surface area contributed by atoms with Gasteiger partial charge in [-0.2, -0.15) is 0 Å². The van der Waals surface area contributed by atoms with Gasteiger partial charge in [-0.25, -0.2) is 0 Å². The summed E-state index contributed by atoms with van der Waals surface area (Å²) in [6.07, 6.45) is 2.77. The molecule has 0 aromatic heterocycles. The Bertz CT molecular complexity index is 84.9. The minimum Gasteiger partial charge on any atom is -0.0941 e. The van der Waals surface area contributed by atoms with Gasteiger partial charge in [0.25, 0.3) is 0 Å². The first-order valence-corrected chi connectivity index (χ1v) is 6.00. The maximum absolute atomic E-state index is 2.40. The van der Waals surface area contributed by atoms with Crippen molar-refractivity contribution in [3.8, 4) is 0 Å². The molecule has 0 bridgehead atoms. The van der Waals surface area contributed by atoms with Crippen LogP contribution < -0.4 is 0 Å². The summed E-state index contributed by atoms with van der Waals surface area (Å²) in [7, 11) is 4.07. The Balaban J connectivity index is 2.37. The lowest BCUT2D eigenvalue weighted by Gasteiger charge is -2.30. The first-order chi connectivity index (χ1) is 4.27. The fourth-order valence-corrected chi connectivity index (χ4v) is 4.00. The van der Waals surface area contributed by atoms with E-state index in [1.807, 2.05) is 21.6 Å². The summed E-state index contributed by atoms with van der Waals surface area (Å²) in [4.78, 5) is 0. The standard InChI is InChI=1S/C7H14S2/c1-3-7(2)4-5-8-9-6-7/h3-6H2,1-2H3. The number of hydrogen-bond acceptors (Lipinski definition) is 2. The Hall–Kier alpha value is 0.700. The van der Waals surface area contributed by atoms with Gasteiger partial charge in [-0.1, -0.05) is 35.4 Å². The second kappa shape index (κ2) is 3.20. The SMILES string of the molecule is CCC1(C)CCSSC1. The average molecular weight is 162 g/mol. The van der Waals surface area contributed by atoms with Crippen molar-refractivity contribution >= 4 is 21.6 Å². The quantitative estimate of drug-likeness (QED) is 0.543. The van der Waals surface area contributed by atoms with E-state index in [1.165, 1.54) is 24.3 Å². The molecular formula is C7H14S2. The predicted molar refractivity (Wildman–Crippen MR) is 47.9 cm³/mol. The molecule has 0 saturated carbocycles. The van der Waals surface area contributed by atoms with Crippen LogP contribution >= 0.6 is 21.6 Å². The molecule has 1 atom stereocenters. The highest BCUT2D eigenvalue weighted by atomic mass is 33.1. The number of rotatable bonds is 1. The largest absolute Gasteiger partial charge is 0.0941 e. The molecule has 1 heterocycles. The molecule has 1 saturated heterocycles. The number of hydrogen-bond donors (Lipinski definition) is 0. The summed E-state index contributed by atoms with van der Waals surface area (Å²) in [6, 6.07) is 0. The van der Waals surface area contributed by atoms with Gasteiger partial charge in [0.2, 0.25) is 0 Å². The van der Waals surface area contributed by atoms with Crippen LogP contribution in [-0.4, -0.2) is 11.5 Å². The van der Waals surface area contributed by atoms with E-state index in [-0.39, 0.29) is 0 Å². The highest BCUT2D eigenvalue weighted by Crippen LogP contribution is 2.41. The van der Waals surface area contributed by atoms with Crippen LogP contribution in [0.1, 0.15) is 26.7 Å². The van der Waals surface area contributed by atoms with Gasteiger partial charge in [-0.15, -0.1) is 0 Å². The molecule has 0 aliphatic carbocycles. The van der Waals surface area contributed by atoms with Crippen molar-refractivity contribution in [1.29, 1.82) is 0 Å². The zero-order valence-electron chi connectivity index (χ0n) is 6.14. The lowest BCUT2D eigenvalue weighted by Crippen LogP contribution is -2.21. The van der Waals surface area contributed by atoms with Gasteiger partial charge in [0.05, 0.1) is 0 Å². The fraction of sp³-hybridized carbons (Fsp3) is 1.00. The molecule has 0 spiro atoms. The van der Waals surface area contributed by atoms with Gasteiger partial charge in [-0.05, 0) is 18.3 Å². The zero-order chi connectivity index (χ0) is 6.74. The van der Waals surface area contributed by atoms with Gasteiger partial charge >= 0.3 is 0 Å². The third-order valence-corrected chi connectivity index (χ3v) is 4.84. The molecule has 0 N–H and O–H groups in total. The highest BCUT2D eigenvalue weighted by Gasteiger charge is 2.24. The van der Waals surface area contributed by atoms with Crippen molar-refractivity contribution in [2.75, 3.05) is 11.5 Å². The van der Waals surface area contributed by atoms with Crippen molar-refractivity contribution in [2.45, 2.75) is 26.7 Å². The molecule has 0 aromatic carbocycles.